The zero-order valence-electron chi connectivity index (χ0n) is 19.6. The number of rotatable bonds is 9. The Balaban J connectivity index is 1.60. The fourth-order valence-corrected chi connectivity index (χ4v) is 4.82. The maximum Gasteiger partial charge on any atom is 0.262 e. The number of benzene rings is 2. The third kappa shape index (κ3) is 4.70. The first-order valence-electron chi connectivity index (χ1n) is 11.4. The van der Waals surface area contributed by atoms with Gasteiger partial charge in [-0.1, -0.05) is 55.8 Å². The standard InChI is InChI=1S/C25H28FN5O2S/c1-4-5-8-15-30-23(33)20-9-6-7-10-21(20)31-24(30)27-28-25(31)34-16-22(32)29(3)17(2)18-11-13-19(26)14-12-18/h6-7,9-14,17H,4-5,8,15-16H2,1-3H3. The molecule has 2 heterocycles. The Labute approximate surface area is 201 Å². The molecule has 0 radical (unpaired) electrons. The Bertz CT molecular complexity index is 1370. The molecule has 1 amide bonds. The molecule has 0 saturated heterocycles. The van der Waals surface area contributed by atoms with Gasteiger partial charge in [-0.15, -0.1) is 10.2 Å². The van der Waals surface area contributed by atoms with Crippen molar-refractivity contribution in [2.24, 2.45) is 0 Å². The zero-order chi connectivity index (χ0) is 24.2. The van der Waals surface area contributed by atoms with E-state index in [1.165, 1.54) is 23.9 Å². The average molecular weight is 482 g/mol. The quantitative estimate of drug-likeness (QED) is 0.256. The summed E-state index contributed by atoms with van der Waals surface area (Å²) in [6.45, 7) is 4.60. The first kappa shape index (κ1) is 23.9. The van der Waals surface area contributed by atoms with Crippen LogP contribution in [0.3, 0.4) is 0 Å². The molecule has 4 aromatic rings. The lowest BCUT2D eigenvalue weighted by atomic mass is 10.1. The van der Waals surface area contributed by atoms with E-state index in [4.69, 9.17) is 0 Å². The summed E-state index contributed by atoms with van der Waals surface area (Å²) in [5.41, 5.74) is 1.51. The Hall–Kier alpha value is -3.20. The van der Waals surface area contributed by atoms with Gasteiger partial charge in [0.15, 0.2) is 5.16 Å². The molecule has 0 N–H and O–H groups in total. The van der Waals surface area contributed by atoms with Gasteiger partial charge in [0.25, 0.3) is 5.56 Å². The van der Waals surface area contributed by atoms with Crippen LogP contribution >= 0.6 is 11.8 Å². The second kappa shape index (κ2) is 10.4. The van der Waals surface area contributed by atoms with E-state index in [1.807, 2.05) is 35.6 Å². The number of amides is 1. The van der Waals surface area contributed by atoms with E-state index >= 15 is 0 Å². The number of thioether (sulfide) groups is 1. The van der Waals surface area contributed by atoms with Gasteiger partial charge in [-0.2, -0.15) is 0 Å². The molecular formula is C25H28FN5O2S. The van der Waals surface area contributed by atoms with Crippen molar-refractivity contribution in [1.29, 1.82) is 0 Å². The van der Waals surface area contributed by atoms with Crippen LogP contribution < -0.4 is 5.56 Å². The number of para-hydroxylation sites is 1. The third-order valence-electron chi connectivity index (χ3n) is 6.11. The van der Waals surface area contributed by atoms with Crippen molar-refractivity contribution in [2.75, 3.05) is 12.8 Å². The molecule has 2 aromatic carbocycles. The lowest BCUT2D eigenvalue weighted by molar-refractivity contribution is -0.128. The summed E-state index contributed by atoms with van der Waals surface area (Å²) < 4.78 is 16.8. The maximum absolute atomic E-state index is 13.2. The molecule has 0 bridgehead atoms. The first-order chi connectivity index (χ1) is 16.4. The smallest absolute Gasteiger partial charge is 0.262 e. The van der Waals surface area contributed by atoms with E-state index in [1.54, 1.807) is 28.6 Å². The van der Waals surface area contributed by atoms with Gasteiger partial charge in [0.2, 0.25) is 11.7 Å². The maximum atomic E-state index is 13.2. The summed E-state index contributed by atoms with van der Waals surface area (Å²) in [5, 5.41) is 9.80. The molecule has 34 heavy (non-hydrogen) atoms. The number of nitrogens with zero attached hydrogens (tertiary/aromatic N) is 5. The van der Waals surface area contributed by atoms with Crippen LogP contribution in [0.25, 0.3) is 16.7 Å². The van der Waals surface area contributed by atoms with E-state index in [0.717, 1.165) is 30.3 Å². The highest BCUT2D eigenvalue weighted by atomic mass is 32.2. The number of halogens is 1. The summed E-state index contributed by atoms with van der Waals surface area (Å²) in [6.07, 6.45) is 2.96. The summed E-state index contributed by atoms with van der Waals surface area (Å²) >= 11 is 1.29. The fraction of sp³-hybridized carbons (Fsp3) is 0.360. The molecule has 9 heteroatoms. The lowest BCUT2D eigenvalue weighted by Gasteiger charge is -2.25. The number of hydrogen-bond acceptors (Lipinski definition) is 5. The topological polar surface area (TPSA) is 72.5 Å². The Morgan fingerprint density at radius 1 is 1.12 bits per heavy atom. The number of aromatic nitrogens is 4. The molecule has 4 rings (SSSR count). The van der Waals surface area contributed by atoms with Crippen LogP contribution in [0.15, 0.2) is 58.5 Å². The molecule has 0 fully saturated rings. The molecule has 0 aliphatic heterocycles. The molecule has 0 saturated carbocycles. The Kier molecular flexibility index (Phi) is 7.31. The minimum absolute atomic E-state index is 0.0768. The van der Waals surface area contributed by atoms with Gasteiger partial charge < -0.3 is 4.90 Å². The van der Waals surface area contributed by atoms with Crippen molar-refractivity contribution in [1.82, 2.24) is 24.1 Å². The van der Waals surface area contributed by atoms with Gasteiger partial charge in [-0.25, -0.2) is 4.39 Å². The molecule has 178 valence electrons. The molecule has 1 atom stereocenters. The summed E-state index contributed by atoms with van der Waals surface area (Å²) in [5.74, 6) is 0.257. The SMILES string of the molecule is CCCCCn1c(=O)c2ccccc2n2c(SCC(=O)N(C)C(C)c3ccc(F)cc3)nnc12. The largest absolute Gasteiger partial charge is 0.338 e. The first-order valence-corrected chi connectivity index (χ1v) is 12.4. The van der Waals surface area contributed by atoms with Crippen molar-refractivity contribution in [3.05, 3.63) is 70.3 Å². The van der Waals surface area contributed by atoms with Gasteiger partial charge in [0, 0.05) is 13.6 Å². The van der Waals surface area contributed by atoms with Crippen LogP contribution in [0.4, 0.5) is 4.39 Å². The van der Waals surface area contributed by atoms with Gasteiger partial charge in [-0.3, -0.25) is 18.6 Å². The van der Waals surface area contributed by atoms with Crippen molar-refractivity contribution < 1.29 is 9.18 Å². The van der Waals surface area contributed by atoms with E-state index in [0.29, 0.717) is 22.9 Å². The van der Waals surface area contributed by atoms with Crippen molar-refractivity contribution >= 4 is 34.3 Å². The van der Waals surface area contributed by atoms with Crippen LogP contribution in [0.1, 0.15) is 44.7 Å². The van der Waals surface area contributed by atoms with Crippen LogP contribution in [0, 0.1) is 5.82 Å². The highest BCUT2D eigenvalue weighted by molar-refractivity contribution is 7.99. The van der Waals surface area contributed by atoms with Crippen molar-refractivity contribution in [2.45, 2.75) is 50.9 Å². The van der Waals surface area contributed by atoms with Crippen LogP contribution in [0.2, 0.25) is 0 Å². The minimum Gasteiger partial charge on any atom is -0.338 e. The Morgan fingerprint density at radius 2 is 1.85 bits per heavy atom. The normalized spacial score (nSPS) is 12.4. The second-order valence-electron chi connectivity index (χ2n) is 8.32. The number of carbonyl (C=O) groups is 1. The molecule has 0 aliphatic carbocycles. The van der Waals surface area contributed by atoms with Gasteiger partial charge in [-0.05, 0) is 43.2 Å². The van der Waals surface area contributed by atoms with Gasteiger partial charge in [0.1, 0.15) is 5.82 Å². The van der Waals surface area contributed by atoms with Crippen molar-refractivity contribution in [3.8, 4) is 0 Å². The molecule has 7 nitrogen and oxygen atoms in total. The van der Waals surface area contributed by atoms with E-state index in [9.17, 15) is 14.0 Å². The highest BCUT2D eigenvalue weighted by Crippen LogP contribution is 2.24. The lowest BCUT2D eigenvalue weighted by Crippen LogP contribution is -2.31. The van der Waals surface area contributed by atoms with Crippen molar-refractivity contribution in [3.63, 3.8) is 0 Å². The third-order valence-corrected chi connectivity index (χ3v) is 7.03. The average Bonchev–Trinajstić information content (AvgIpc) is 3.28. The Morgan fingerprint density at radius 3 is 2.59 bits per heavy atom. The number of hydrogen-bond donors (Lipinski definition) is 0. The predicted octanol–water partition coefficient (Wildman–Crippen LogP) is 4.69. The molecular weight excluding hydrogens is 453 g/mol. The predicted molar refractivity (Wildman–Crippen MR) is 133 cm³/mol. The monoisotopic (exact) mass is 481 g/mol. The van der Waals surface area contributed by atoms with Gasteiger partial charge >= 0.3 is 0 Å². The molecule has 1 unspecified atom stereocenters. The molecule has 0 aliphatic rings. The van der Waals surface area contributed by atoms with E-state index < -0.39 is 0 Å². The minimum atomic E-state index is -0.306. The number of carbonyl (C=O) groups excluding carboxylic acids is 1. The van der Waals surface area contributed by atoms with Crippen LogP contribution in [-0.2, 0) is 11.3 Å². The highest BCUT2D eigenvalue weighted by Gasteiger charge is 2.21. The zero-order valence-corrected chi connectivity index (χ0v) is 20.4. The summed E-state index contributed by atoms with van der Waals surface area (Å²) in [6, 6.07) is 13.4. The second-order valence-corrected chi connectivity index (χ2v) is 9.26. The van der Waals surface area contributed by atoms with Gasteiger partial charge in [0.05, 0.1) is 22.7 Å². The number of fused-ring (bicyclic) bond motifs is 3. The van der Waals surface area contributed by atoms with E-state index in [-0.39, 0.29) is 29.1 Å². The van der Waals surface area contributed by atoms with Crippen LogP contribution in [0.5, 0.6) is 0 Å². The van der Waals surface area contributed by atoms with Crippen LogP contribution in [-0.4, -0.2) is 42.8 Å². The fourth-order valence-electron chi connectivity index (χ4n) is 3.96. The molecule has 2 aromatic heterocycles. The number of aryl methyl sites for hydroxylation is 1. The summed E-state index contributed by atoms with van der Waals surface area (Å²) in [4.78, 5) is 27.7. The van der Waals surface area contributed by atoms with E-state index in [2.05, 4.69) is 17.1 Å². The summed E-state index contributed by atoms with van der Waals surface area (Å²) in [7, 11) is 1.74. The number of unbranched alkanes of at least 4 members (excludes halogenated alkanes) is 2. The molecule has 0 spiro atoms.